The lowest BCUT2D eigenvalue weighted by atomic mass is 10.1. The van der Waals surface area contributed by atoms with E-state index in [-0.39, 0.29) is 0 Å². The minimum atomic E-state index is 1.02. The number of halogens is 1. The molecule has 0 saturated carbocycles. The molecule has 0 aliphatic carbocycles. The molecule has 1 heterocycles. The second-order valence-electron chi connectivity index (χ2n) is 2.95. The van der Waals surface area contributed by atoms with E-state index >= 15 is 0 Å². The third kappa shape index (κ3) is 1.23. The van der Waals surface area contributed by atoms with Crippen LogP contribution in [-0.2, 0) is 6.42 Å². The summed E-state index contributed by atoms with van der Waals surface area (Å²) in [5.74, 6) is 0. The van der Waals surface area contributed by atoms with Gasteiger partial charge in [0, 0.05) is 18.1 Å². The molecule has 0 aromatic heterocycles. The van der Waals surface area contributed by atoms with Crippen molar-refractivity contribution in [2.75, 3.05) is 18.6 Å². The number of hydrazine groups is 1. The fourth-order valence-electron chi connectivity index (χ4n) is 1.54. The molecule has 2 rings (SSSR count). The number of hydrogen-bond acceptors (Lipinski definition) is 2. The van der Waals surface area contributed by atoms with Crippen molar-refractivity contribution in [2.24, 2.45) is 0 Å². The van der Waals surface area contributed by atoms with Crippen LogP contribution < -0.4 is 10.4 Å². The molecule has 0 spiro atoms. The third-order valence-electron chi connectivity index (χ3n) is 2.18. The molecule has 0 fully saturated rings. The van der Waals surface area contributed by atoms with Crippen molar-refractivity contribution in [3.8, 4) is 0 Å². The largest absolute Gasteiger partial charge is 0.311 e. The lowest BCUT2D eigenvalue weighted by Crippen LogP contribution is -2.40. The SMILES string of the molecule is CN1NCCc2c(Br)cccc21. The van der Waals surface area contributed by atoms with Crippen molar-refractivity contribution < 1.29 is 0 Å². The van der Waals surface area contributed by atoms with Gasteiger partial charge in [-0.1, -0.05) is 22.0 Å². The Kier molecular flexibility index (Phi) is 2.07. The predicted octanol–water partition coefficient (Wildman–Crippen LogP) is 1.95. The Morgan fingerprint density at radius 2 is 2.33 bits per heavy atom. The van der Waals surface area contributed by atoms with E-state index in [9.17, 15) is 0 Å². The maximum Gasteiger partial charge on any atom is 0.0560 e. The number of rotatable bonds is 0. The van der Waals surface area contributed by atoms with Gasteiger partial charge in [0.05, 0.1) is 5.69 Å². The highest BCUT2D eigenvalue weighted by atomic mass is 79.9. The predicted molar refractivity (Wildman–Crippen MR) is 54.3 cm³/mol. The summed E-state index contributed by atoms with van der Waals surface area (Å²) >= 11 is 3.56. The van der Waals surface area contributed by atoms with Crippen LogP contribution in [0.5, 0.6) is 0 Å². The number of nitrogens with one attached hydrogen (secondary N) is 1. The summed E-state index contributed by atoms with van der Waals surface area (Å²) in [4.78, 5) is 0. The summed E-state index contributed by atoms with van der Waals surface area (Å²) in [5, 5.41) is 2.07. The van der Waals surface area contributed by atoms with Gasteiger partial charge in [0.25, 0.3) is 0 Å². The minimum absolute atomic E-state index is 1.02. The second-order valence-corrected chi connectivity index (χ2v) is 3.81. The van der Waals surface area contributed by atoms with Gasteiger partial charge >= 0.3 is 0 Å². The minimum Gasteiger partial charge on any atom is -0.311 e. The molecule has 64 valence electrons. The Hall–Kier alpha value is -0.540. The molecule has 0 atom stereocenters. The van der Waals surface area contributed by atoms with Crippen LogP contribution in [0.1, 0.15) is 5.56 Å². The highest BCUT2D eigenvalue weighted by Gasteiger charge is 2.14. The van der Waals surface area contributed by atoms with E-state index < -0.39 is 0 Å². The molecule has 1 aromatic carbocycles. The summed E-state index contributed by atoms with van der Waals surface area (Å²) in [6.45, 7) is 1.02. The van der Waals surface area contributed by atoms with Crippen molar-refractivity contribution in [1.82, 2.24) is 5.43 Å². The van der Waals surface area contributed by atoms with Crippen LogP contribution in [0.4, 0.5) is 5.69 Å². The molecule has 1 aromatic rings. The molecule has 0 amide bonds. The lowest BCUT2D eigenvalue weighted by molar-refractivity contribution is 0.639. The zero-order valence-electron chi connectivity index (χ0n) is 6.97. The van der Waals surface area contributed by atoms with Crippen LogP contribution in [0, 0.1) is 0 Å². The zero-order chi connectivity index (χ0) is 8.55. The highest BCUT2D eigenvalue weighted by Crippen LogP contribution is 2.28. The Bertz CT molecular complexity index is 299. The van der Waals surface area contributed by atoms with Gasteiger partial charge in [-0.2, -0.15) is 0 Å². The fourth-order valence-corrected chi connectivity index (χ4v) is 2.10. The van der Waals surface area contributed by atoms with Crippen molar-refractivity contribution in [1.29, 1.82) is 0 Å². The standard InChI is InChI=1S/C9H11BrN2/c1-12-9-4-2-3-8(10)7(9)5-6-11-12/h2-4,11H,5-6H2,1H3. The molecule has 0 saturated heterocycles. The highest BCUT2D eigenvalue weighted by molar-refractivity contribution is 9.10. The average molecular weight is 227 g/mol. The van der Waals surface area contributed by atoms with Gasteiger partial charge in [0.2, 0.25) is 0 Å². The summed E-state index contributed by atoms with van der Waals surface area (Å²) in [6.07, 6.45) is 1.10. The second kappa shape index (κ2) is 3.07. The van der Waals surface area contributed by atoms with Gasteiger partial charge in [-0.25, -0.2) is 5.43 Å². The third-order valence-corrected chi connectivity index (χ3v) is 2.92. The van der Waals surface area contributed by atoms with Gasteiger partial charge in [0.15, 0.2) is 0 Å². The Morgan fingerprint density at radius 3 is 3.08 bits per heavy atom. The quantitative estimate of drug-likeness (QED) is 0.728. The van der Waals surface area contributed by atoms with E-state index in [2.05, 4.69) is 44.6 Å². The molecule has 3 heteroatoms. The molecule has 2 nitrogen and oxygen atoms in total. The van der Waals surface area contributed by atoms with E-state index in [0.717, 1.165) is 13.0 Å². The van der Waals surface area contributed by atoms with E-state index in [4.69, 9.17) is 0 Å². The molecule has 0 unspecified atom stereocenters. The van der Waals surface area contributed by atoms with E-state index in [0.29, 0.717) is 0 Å². The zero-order valence-corrected chi connectivity index (χ0v) is 8.56. The van der Waals surface area contributed by atoms with Crippen molar-refractivity contribution in [3.63, 3.8) is 0 Å². The Balaban J connectivity index is 2.52. The summed E-state index contributed by atoms with van der Waals surface area (Å²) in [7, 11) is 2.05. The van der Waals surface area contributed by atoms with Crippen molar-refractivity contribution in [3.05, 3.63) is 28.2 Å². The first-order valence-corrected chi connectivity index (χ1v) is 4.83. The Labute approximate surface area is 80.7 Å². The monoisotopic (exact) mass is 226 g/mol. The molecule has 12 heavy (non-hydrogen) atoms. The molecular formula is C9H11BrN2. The topological polar surface area (TPSA) is 15.3 Å². The van der Waals surface area contributed by atoms with Crippen molar-refractivity contribution in [2.45, 2.75) is 6.42 Å². The maximum absolute atomic E-state index is 3.56. The van der Waals surface area contributed by atoms with Gasteiger partial charge in [-0.15, -0.1) is 0 Å². The first kappa shape index (κ1) is 8.08. The molecule has 1 aliphatic rings. The van der Waals surface area contributed by atoms with Gasteiger partial charge in [-0.3, -0.25) is 0 Å². The fraction of sp³-hybridized carbons (Fsp3) is 0.333. The molecular weight excluding hydrogens is 216 g/mol. The van der Waals surface area contributed by atoms with E-state index in [1.165, 1.54) is 15.7 Å². The van der Waals surface area contributed by atoms with Gasteiger partial charge in [0.1, 0.15) is 0 Å². The molecule has 1 aliphatic heterocycles. The first-order chi connectivity index (χ1) is 5.79. The number of nitrogens with zero attached hydrogens (tertiary/aromatic N) is 1. The van der Waals surface area contributed by atoms with E-state index in [1.54, 1.807) is 0 Å². The van der Waals surface area contributed by atoms with Crippen LogP contribution in [0.15, 0.2) is 22.7 Å². The number of fused-ring (bicyclic) bond motifs is 1. The van der Waals surface area contributed by atoms with Crippen molar-refractivity contribution >= 4 is 21.6 Å². The smallest absolute Gasteiger partial charge is 0.0560 e. The van der Waals surface area contributed by atoms with Gasteiger partial charge < -0.3 is 5.01 Å². The normalized spacial score (nSPS) is 16.0. The summed E-state index contributed by atoms with van der Waals surface area (Å²) in [6, 6.07) is 6.29. The number of benzene rings is 1. The average Bonchev–Trinajstić information content (AvgIpc) is 2.07. The maximum atomic E-state index is 3.56. The van der Waals surface area contributed by atoms with Crippen LogP contribution in [0.3, 0.4) is 0 Å². The summed E-state index contributed by atoms with van der Waals surface area (Å²) in [5.41, 5.74) is 5.95. The summed E-state index contributed by atoms with van der Waals surface area (Å²) < 4.78 is 1.22. The molecule has 1 N–H and O–H groups in total. The van der Waals surface area contributed by atoms with Crippen LogP contribution in [0.2, 0.25) is 0 Å². The number of anilines is 1. The first-order valence-electron chi connectivity index (χ1n) is 4.03. The van der Waals surface area contributed by atoms with Crippen LogP contribution >= 0.6 is 15.9 Å². The Morgan fingerprint density at radius 1 is 1.50 bits per heavy atom. The van der Waals surface area contributed by atoms with Gasteiger partial charge in [-0.05, 0) is 24.1 Å². The van der Waals surface area contributed by atoms with E-state index in [1.807, 2.05) is 7.05 Å². The van der Waals surface area contributed by atoms with Crippen LogP contribution in [-0.4, -0.2) is 13.6 Å². The lowest BCUT2D eigenvalue weighted by Gasteiger charge is -2.28. The molecule has 0 radical (unpaired) electrons. The molecule has 0 bridgehead atoms. The number of hydrogen-bond donors (Lipinski definition) is 1. The van der Waals surface area contributed by atoms with Crippen LogP contribution in [0.25, 0.3) is 0 Å².